The van der Waals surface area contributed by atoms with Gasteiger partial charge in [0.15, 0.2) is 0 Å². The van der Waals surface area contributed by atoms with Gasteiger partial charge >= 0.3 is 37.7 Å². The van der Waals surface area contributed by atoms with Crippen molar-refractivity contribution in [3.8, 4) is 11.5 Å². The molecule has 0 saturated carbocycles. The van der Waals surface area contributed by atoms with Gasteiger partial charge in [0.1, 0.15) is 11.5 Å². The summed E-state index contributed by atoms with van der Waals surface area (Å²) >= 11 is 0. The maximum Gasteiger partial charge on any atom is 2.00 e. The normalized spacial score (nSPS) is 7.58. The van der Waals surface area contributed by atoms with Crippen molar-refractivity contribution in [2.24, 2.45) is 0 Å². The molecule has 5 nitrogen and oxygen atoms in total. The second-order valence-electron chi connectivity index (χ2n) is 2.92. The van der Waals surface area contributed by atoms with E-state index in [4.69, 9.17) is 25.2 Å². The third kappa shape index (κ3) is 16.6. The van der Waals surface area contributed by atoms with Gasteiger partial charge < -0.3 is 25.2 Å². The van der Waals surface area contributed by atoms with Crippen molar-refractivity contribution in [1.29, 1.82) is 0 Å². The number of phenols is 2. The first-order valence-corrected chi connectivity index (χ1v) is 4.88. The molecule has 2 N–H and O–H groups in total. The van der Waals surface area contributed by atoms with Gasteiger partial charge in [-0.15, -0.1) is 0 Å². The van der Waals surface area contributed by atoms with E-state index >= 15 is 0 Å². The van der Waals surface area contributed by atoms with Crippen LogP contribution in [0.1, 0.15) is 0 Å². The van der Waals surface area contributed by atoms with Crippen molar-refractivity contribution in [1.82, 2.24) is 0 Å². The molecule has 0 heterocycles. The fourth-order valence-corrected chi connectivity index (χ4v) is 0.856. The molecule has 0 amide bonds. The van der Waals surface area contributed by atoms with Gasteiger partial charge in [-0.2, -0.15) is 0 Å². The first-order chi connectivity index (χ1) is 8.52. The van der Waals surface area contributed by atoms with Crippen LogP contribution in [0.4, 0.5) is 4.79 Å². The molecule has 2 aromatic rings. The number of hydrogen-bond acceptors (Lipinski definition) is 5. The molecule has 0 spiro atoms. The molecule has 0 aliphatic carbocycles. The van der Waals surface area contributed by atoms with Crippen molar-refractivity contribution in [2.45, 2.75) is 0 Å². The van der Waals surface area contributed by atoms with Crippen LogP contribution in [0.3, 0.4) is 0 Å². The Hall–Kier alpha value is -1.43. The number of phenolic OH excluding ortho intramolecular Hbond substituents is 2. The topological polar surface area (TPSA) is 104 Å². The number of para-hydroxylation sites is 2. The van der Waals surface area contributed by atoms with E-state index in [0.29, 0.717) is 11.5 Å². The van der Waals surface area contributed by atoms with Gasteiger partial charge in [-0.1, -0.05) is 36.4 Å². The second-order valence-corrected chi connectivity index (χ2v) is 2.92. The Morgan fingerprint density at radius 3 is 1.05 bits per heavy atom. The fraction of sp³-hybridized carbons (Fsp3) is 0. The van der Waals surface area contributed by atoms with Crippen LogP contribution in [0.2, 0.25) is 0 Å². The zero-order valence-corrected chi connectivity index (χ0v) is 12.3. The number of aromatic hydroxyl groups is 2. The summed E-state index contributed by atoms with van der Waals surface area (Å²) in [6.07, 6.45) is -2.33. The zero-order chi connectivity index (χ0) is 13.8. The molecule has 0 unspecified atom stereocenters. The van der Waals surface area contributed by atoms with Gasteiger partial charge in [0.2, 0.25) is 0 Å². The molecule has 0 atom stereocenters. The average Bonchev–Trinajstić information content (AvgIpc) is 2.31. The summed E-state index contributed by atoms with van der Waals surface area (Å²) in [5.41, 5.74) is 0. The molecule has 0 saturated heterocycles. The van der Waals surface area contributed by atoms with E-state index in [1.165, 1.54) is 0 Å². The predicted molar refractivity (Wildman–Crippen MR) is 67.4 cm³/mol. The smallest absolute Gasteiger partial charge is 0.652 e. The molecule has 96 valence electrons. The molecule has 0 aliphatic heterocycles. The van der Waals surface area contributed by atoms with Gasteiger partial charge in [-0.3, -0.25) is 0 Å². The standard InChI is InChI=1S/2C6H6O.CH2O3.Ca/c2*7-6-4-2-1-3-5-6;2-1(3)4;/h2*1-5,7H;(H2,2,3,4);/q;;;+2/p-2. The summed E-state index contributed by atoms with van der Waals surface area (Å²) in [5, 5.41) is 33.9. The number of carbonyl (C=O) groups excluding carboxylic acids is 1. The quantitative estimate of drug-likeness (QED) is 0.662. The van der Waals surface area contributed by atoms with E-state index in [1.807, 2.05) is 12.1 Å². The first-order valence-electron chi connectivity index (χ1n) is 4.88. The number of carbonyl (C=O) groups is 1. The van der Waals surface area contributed by atoms with Crippen LogP contribution >= 0.6 is 0 Å². The van der Waals surface area contributed by atoms with Crippen LogP contribution in [0.5, 0.6) is 11.5 Å². The Balaban J connectivity index is 0. The minimum absolute atomic E-state index is 0. The summed E-state index contributed by atoms with van der Waals surface area (Å²) in [6.45, 7) is 0. The van der Waals surface area contributed by atoms with Crippen molar-refractivity contribution in [3.63, 3.8) is 0 Å². The summed E-state index contributed by atoms with van der Waals surface area (Å²) in [6, 6.07) is 17.4. The van der Waals surface area contributed by atoms with Gasteiger partial charge in [0, 0.05) is 0 Å². The summed E-state index contributed by atoms with van der Waals surface area (Å²) in [4.78, 5) is 8.33. The van der Waals surface area contributed by atoms with E-state index in [1.54, 1.807) is 48.5 Å². The molecule has 2 rings (SSSR count). The minimum Gasteiger partial charge on any atom is -0.652 e. The Morgan fingerprint density at radius 2 is 0.947 bits per heavy atom. The molecule has 2 aromatic carbocycles. The number of benzene rings is 2. The van der Waals surface area contributed by atoms with Crippen LogP contribution in [-0.4, -0.2) is 54.1 Å². The minimum atomic E-state index is -2.33. The number of hydrogen-bond donors (Lipinski definition) is 2. The molecule has 6 heteroatoms. The summed E-state index contributed by atoms with van der Waals surface area (Å²) in [7, 11) is 0. The SMILES string of the molecule is O=C([O-])[O-].Oc1ccccc1.Oc1ccccc1.[Ca+2]. The van der Waals surface area contributed by atoms with Crippen LogP contribution < -0.4 is 10.2 Å². The number of rotatable bonds is 0. The van der Waals surface area contributed by atoms with Crippen LogP contribution in [0, 0.1) is 0 Å². The molecule has 0 aromatic heterocycles. The summed E-state index contributed by atoms with van der Waals surface area (Å²) < 4.78 is 0. The van der Waals surface area contributed by atoms with Crippen molar-refractivity contribution >= 4 is 43.9 Å². The molecule has 19 heavy (non-hydrogen) atoms. The van der Waals surface area contributed by atoms with Crippen LogP contribution in [0.15, 0.2) is 60.7 Å². The van der Waals surface area contributed by atoms with Crippen molar-refractivity contribution in [3.05, 3.63) is 60.7 Å². The molecular weight excluding hydrogens is 276 g/mol. The Bertz CT molecular complexity index is 392. The van der Waals surface area contributed by atoms with E-state index in [9.17, 15) is 0 Å². The van der Waals surface area contributed by atoms with E-state index < -0.39 is 6.16 Å². The average molecular weight is 288 g/mol. The third-order valence-electron chi connectivity index (χ3n) is 1.51. The monoisotopic (exact) mass is 288 g/mol. The third-order valence-corrected chi connectivity index (χ3v) is 1.51. The van der Waals surface area contributed by atoms with Crippen LogP contribution in [-0.2, 0) is 0 Å². The van der Waals surface area contributed by atoms with Crippen molar-refractivity contribution < 1.29 is 25.2 Å². The summed E-state index contributed by atoms with van der Waals surface area (Å²) in [5.74, 6) is 0.644. The predicted octanol–water partition coefficient (Wildman–Crippen LogP) is -0.0434. The fourth-order valence-electron chi connectivity index (χ4n) is 0.856. The molecule has 0 fully saturated rings. The van der Waals surface area contributed by atoms with E-state index in [-0.39, 0.29) is 37.7 Å². The van der Waals surface area contributed by atoms with Gasteiger partial charge in [-0.05, 0) is 30.4 Å². The molecule has 0 aliphatic rings. The van der Waals surface area contributed by atoms with Gasteiger partial charge in [0.05, 0.1) is 0 Å². The Labute approximate surface area is 140 Å². The Kier molecular flexibility index (Phi) is 13.6. The molecule has 0 bridgehead atoms. The maximum absolute atomic E-state index is 8.63. The van der Waals surface area contributed by atoms with Gasteiger partial charge in [-0.25, -0.2) is 0 Å². The van der Waals surface area contributed by atoms with Crippen molar-refractivity contribution in [2.75, 3.05) is 0 Å². The van der Waals surface area contributed by atoms with Gasteiger partial charge in [0.25, 0.3) is 0 Å². The zero-order valence-electron chi connectivity index (χ0n) is 10.1. The number of carboxylic acid groups (broad SMARTS) is 2. The first kappa shape index (κ1) is 19.9. The molecule has 0 radical (unpaired) electrons. The van der Waals surface area contributed by atoms with E-state index in [2.05, 4.69) is 0 Å². The largest absolute Gasteiger partial charge is 2.00 e. The van der Waals surface area contributed by atoms with E-state index in [0.717, 1.165) is 0 Å². The molecular formula is C13H12CaO5. The maximum atomic E-state index is 8.63. The van der Waals surface area contributed by atoms with Crippen LogP contribution in [0.25, 0.3) is 0 Å². The second kappa shape index (κ2) is 13.0. The Morgan fingerprint density at radius 1 is 0.737 bits per heavy atom.